The van der Waals surface area contributed by atoms with Crippen molar-refractivity contribution in [3.8, 4) is 0 Å². The Kier molecular flexibility index (Phi) is 7.25. The lowest BCUT2D eigenvalue weighted by molar-refractivity contribution is -0.141. The molecule has 0 bridgehead atoms. The van der Waals surface area contributed by atoms with Gasteiger partial charge in [-0.3, -0.25) is 4.79 Å². The van der Waals surface area contributed by atoms with Gasteiger partial charge in [-0.1, -0.05) is 6.92 Å². The summed E-state index contributed by atoms with van der Waals surface area (Å²) in [5, 5.41) is 2.57. The minimum Gasteiger partial charge on any atom is -0.465 e. The van der Waals surface area contributed by atoms with Gasteiger partial charge in [-0.2, -0.15) is 0 Å². The second-order valence-corrected chi connectivity index (χ2v) is 4.54. The number of hydrogen-bond donors (Lipinski definition) is 1. The Morgan fingerprint density at radius 2 is 2.16 bits per heavy atom. The standard InChI is InChI=1S/C13H24N2O4/c1-3-8-19-11-6-5-7-15(10-11)13(17)14-9-12(16)18-4-2/h11H,3-10H2,1-2H3,(H,14,17). The van der Waals surface area contributed by atoms with Gasteiger partial charge < -0.3 is 19.7 Å². The van der Waals surface area contributed by atoms with Crippen molar-refractivity contribution in [1.29, 1.82) is 0 Å². The highest BCUT2D eigenvalue weighted by Crippen LogP contribution is 2.13. The van der Waals surface area contributed by atoms with E-state index in [-0.39, 0.29) is 18.7 Å². The molecular weight excluding hydrogens is 248 g/mol. The molecule has 1 N–H and O–H groups in total. The number of rotatable bonds is 6. The number of carbonyl (C=O) groups is 2. The van der Waals surface area contributed by atoms with Gasteiger partial charge in [0.1, 0.15) is 6.54 Å². The van der Waals surface area contributed by atoms with Crippen LogP contribution in [0, 0.1) is 0 Å². The van der Waals surface area contributed by atoms with Crippen molar-refractivity contribution in [2.45, 2.75) is 39.2 Å². The molecule has 0 spiro atoms. The first-order valence-electron chi connectivity index (χ1n) is 6.97. The van der Waals surface area contributed by atoms with Crippen molar-refractivity contribution >= 4 is 12.0 Å². The van der Waals surface area contributed by atoms with Crippen LogP contribution in [0.25, 0.3) is 0 Å². The highest BCUT2D eigenvalue weighted by atomic mass is 16.5. The first kappa shape index (κ1) is 15.8. The maximum atomic E-state index is 11.9. The van der Waals surface area contributed by atoms with Crippen molar-refractivity contribution in [3.05, 3.63) is 0 Å². The molecule has 2 amide bonds. The number of amides is 2. The Balaban J connectivity index is 2.29. The van der Waals surface area contributed by atoms with Gasteiger partial charge in [-0.15, -0.1) is 0 Å². The molecule has 0 aliphatic carbocycles. The molecule has 6 heteroatoms. The van der Waals surface area contributed by atoms with Crippen LogP contribution in [0.5, 0.6) is 0 Å². The Morgan fingerprint density at radius 1 is 1.37 bits per heavy atom. The lowest BCUT2D eigenvalue weighted by Gasteiger charge is -2.32. The summed E-state index contributed by atoms with van der Waals surface area (Å²) in [4.78, 5) is 24.7. The molecule has 1 aliphatic heterocycles. The molecule has 1 saturated heterocycles. The van der Waals surface area contributed by atoms with Crippen LogP contribution >= 0.6 is 0 Å². The number of nitrogens with zero attached hydrogens (tertiary/aromatic N) is 1. The quantitative estimate of drug-likeness (QED) is 0.737. The molecule has 6 nitrogen and oxygen atoms in total. The largest absolute Gasteiger partial charge is 0.465 e. The van der Waals surface area contributed by atoms with Gasteiger partial charge in [0.05, 0.1) is 12.7 Å². The summed E-state index contributed by atoms with van der Waals surface area (Å²) in [6, 6.07) is -0.224. The molecule has 1 fully saturated rings. The zero-order valence-electron chi connectivity index (χ0n) is 11.8. The van der Waals surface area contributed by atoms with E-state index in [1.165, 1.54) is 0 Å². The Bertz CT molecular complexity index is 296. The maximum Gasteiger partial charge on any atom is 0.325 e. The minimum atomic E-state index is -0.411. The topological polar surface area (TPSA) is 67.9 Å². The summed E-state index contributed by atoms with van der Waals surface area (Å²) < 4.78 is 10.4. The molecule has 110 valence electrons. The van der Waals surface area contributed by atoms with Crippen LogP contribution < -0.4 is 5.32 Å². The lowest BCUT2D eigenvalue weighted by Crippen LogP contribution is -2.48. The molecule has 1 aliphatic rings. The fourth-order valence-electron chi connectivity index (χ4n) is 2.01. The SMILES string of the molecule is CCCOC1CCCN(C(=O)NCC(=O)OCC)C1. The fourth-order valence-corrected chi connectivity index (χ4v) is 2.01. The van der Waals surface area contributed by atoms with Gasteiger partial charge >= 0.3 is 12.0 Å². The molecule has 0 aromatic heterocycles. The van der Waals surface area contributed by atoms with E-state index in [4.69, 9.17) is 9.47 Å². The van der Waals surface area contributed by atoms with Crippen LogP contribution in [0.15, 0.2) is 0 Å². The first-order chi connectivity index (χ1) is 9.17. The van der Waals surface area contributed by atoms with E-state index in [0.717, 1.165) is 25.9 Å². The third kappa shape index (κ3) is 5.92. The number of nitrogens with one attached hydrogen (secondary N) is 1. The molecule has 0 saturated carbocycles. The summed E-state index contributed by atoms with van der Waals surface area (Å²) >= 11 is 0. The van der Waals surface area contributed by atoms with Crippen molar-refractivity contribution in [3.63, 3.8) is 0 Å². The molecular formula is C13H24N2O4. The lowest BCUT2D eigenvalue weighted by atomic mass is 10.1. The molecule has 19 heavy (non-hydrogen) atoms. The molecule has 1 heterocycles. The van der Waals surface area contributed by atoms with Gasteiger partial charge in [0.15, 0.2) is 0 Å². The van der Waals surface area contributed by atoms with Crippen LogP contribution in [0.3, 0.4) is 0 Å². The summed E-state index contributed by atoms with van der Waals surface area (Å²) in [6.45, 7) is 6.07. The minimum absolute atomic E-state index is 0.0797. The fraction of sp³-hybridized carbons (Fsp3) is 0.846. The van der Waals surface area contributed by atoms with E-state index in [1.54, 1.807) is 11.8 Å². The van der Waals surface area contributed by atoms with Crippen LogP contribution in [0.2, 0.25) is 0 Å². The zero-order chi connectivity index (χ0) is 14.1. The zero-order valence-corrected chi connectivity index (χ0v) is 11.8. The number of likely N-dealkylation sites (tertiary alicyclic amines) is 1. The van der Waals surface area contributed by atoms with Crippen molar-refractivity contribution in [2.24, 2.45) is 0 Å². The van der Waals surface area contributed by atoms with Crippen LogP contribution in [-0.2, 0) is 14.3 Å². The van der Waals surface area contributed by atoms with Gasteiger partial charge in [-0.25, -0.2) is 4.79 Å². The Labute approximate surface area is 114 Å². The first-order valence-corrected chi connectivity index (χ1v) is 6.97. The molecule has 1 atom stereocenters. The summed E-state index contributed by atoms with van der Waals surface area (Å²) in [5.74, 6) is -0.411. The third-order valence-corrected chi connectivity index (χ3v) is 2.91. The van der Waals surface area contributed by atoms with Crippen LogP contribution in [-0.4, -0.2) is 55.9 Å². The van der Waals surface area contributed by atoms with Crippen LogP contribution in [0.4, 0.5) is 4.79 Å². The van der Waals surface area contributed by atoms with Crippen molar-refractivity contribution < 1.29 is 19.1 Å². The smallest absolute Gasteiger partial charge is 0.325 e. The van der Waals surface area contributed by atoms with E-state index in [2.05, 4.69) is 12.2 Å². The van der Waals surface area contributed by atoms with Crippen molar-refractivity contribution in [1.82, 2.24) is 10.2 Å². The Hall–Kier alpha value is -1.30. The van der Waals surface area contributed by atoms with E-state index in [0.29, 0.717) is 19.7 Å². The summed E-state index contributed by atoms with van der Waals surface area (Å²) in [5.41, 5.74) is 0. The molecule has 0 radical (unpaired) electrons. The predicted molar refractivity (Wildman–Crippen MR) is 70.9 cm³/mol. The highest BCUT2D eigenvalue weighted by Gasteiger charge is 2.24. The number of piperidine rings is 1. The maximum absolute atomic E-state index is 11.9. The summed E-state index contributed by atoms with van der Waals surface area (Å²) in [7, 11) is 0. The second kappa shape index (κ2) is 8.74. The van der Waals surface area contributed by atoms with Gasteiger partial charge in [-0.05, 0) is 26.2 Å². The number of esters is 1. The highest BCUT2D eigenvalue weighted by molar-refractivity contribution is 5.80. The van der Waals surface area contributed by atoms with Gasteiger partial charge in [0.2, 0.25) is 0 Å². The molecule has 1 rings (SSSR count). The monoisotopic (exact) mass is 272 g/mol. The van der Waals surface area contributed by atoms with Crippen molar-refractivity contribution in [2.75, 3.05) is 32.8 Å². The average Bonchev–Trinajstić information content (AvgIpc) is 2.43. The van der Waals surface area contributed by atoms with Gasteiger partial charge in [0.25, 0.3) is 0 Å². The normalized spacial score (nSPS) is 19.1. The number of urea groups is 1. The van der Waals surface area contributed by atoms with E-state index < -0.39 is 5.97 Å². The van der Waals surface area contributed by atoms with E-state index >= 15 is 0 Å². The van der Waals surface area contributed by atoms with Gasteiger partial charge in [0, 0.05) is 19.7 Å². The summed E-state index contributed by atoms with van der Waals surface area (Å²) in [6.07, 6.45) is 3.01. The molecule has 0 aromatic carbocycles. The van der Waals surface area contributed by atoms with E-state index in [9.17, 15) is 9.59 Å². The average molecular weight is 272 g/mol. The van der Waals surface area contributed by atoms with Crippen LogP contribution in [0.1, 0.15) is 33.1 Å². The third-order valence-electron chi connectivity index (χ3n) is 2.91. The second-order valence-electron chi connectivity index (χ2n) is 4.54. The molecule has 1 unspecified atom stereocenters. The Morgan fingerprint density at radius 3 is 2.84 bits per heavy atom. The number of hydrogen-bond acceptors (Lipinski definition) is 4. The number of carbonyl (C=O) groups excluding carboxylic acids is 2. The predicted octanol–water partition coefficient (Wildman–Crippen LogP) is 1.15. The van der Waals surface area contributed by atoms with E-state index in [1.807, 2.05) is 0 Å². The number of ether oxygens (including phenoxy) is 2. The molecule has 0 aromatic rings.